The van der Waals surface area contributed by atoms with E-state index in [0.29, 0.717) is 54.5 Å². The van der Waals surface area contributed by atoms with Crippen molar-refractivity contribution in [3.05, 3.63) is 87.1 Å². The molecule has 0 atom stereocenters. The molecule has 0 radical (unpaired) electrons. The summed E-state index contributed by atoms with van der Waals surface area (Å²) < 4.78 is 26.2. The number of rotatable bonds is 6. The second-order valence-corrected chi connectivity index (χ2v) is 12.1. The standard InChI is InChI=1S/C26H23Cl3N2O4S/c1-26(2,33)23-13-31(25(30-23)18-5-4-6-19(27)24(18)29)21-10-9-15(11-20(21)28)16-7-8-17(14-32)22(12-16)36(3,34)35/h4-13,32-33H,14H2,1-3H3. The van der Waals surface area contributed by atoms with E-state index >= 15 is 0 Å². The summed E-state index contributed by atoms with van der Waals surface area (Å²) in [6.07, 6.45) is 2.79. The molecule has 0 fully saturated rings. The Balaban J connectivity index is 1.87. The first kappa shape index (κ1) is 26.7. The molecule has 0 bridgehead atoms. The van der Waals surface area contributed by atoms with Crippen LogP contribution >= 0.6 is 34.8 Å². The van der Waals surface area contributed by atoms with Crippen LogP contribution in [0.25, 0.3) is 28.2 Å². The van der Waals surface area contributed by atoms with Gasteiger partial charge in [-0.1, -0.05) is 59.1 Å². The van der Waals surface area contributed by atoms with E-state index in [-0.39, 0.29) is 11.5 Å². The number of nitrogens with zero attached hydrogens (tertiary/aromatic N) is 2. The predicted octanol–water partition coefficient (Wildman–Crippen LogP) is 6.29. The third kappa shape index (κ3) is 5.18. The molecule has 0 aliphatic rings. The van der Waals surface area contributed by atoms with Crippen LogP contribution in [0.1, 0.15) is 25.1 Å². The minimum absolute atomic E-state index is 0.0602. The fraction of sp³-hybridized carbons (Fsp3) is 0.192. The highest BCUT2D eigenvalue weighted by molar-refractivity contribution is 7.90. The zero-order chi connectivity index (χ0) is 26.4. The largest absolute Gasteiger partial charge is 0.392 e. The molecule has 3 aromatic carbocycles. The SMILES string of the molecule is CC(C)(O)c1cn(-c2ccc(-c3ccc(CO)c(S(C)(=O)=O)c3)cc2Cl)c(-c2cccc(Cl)c2Cl)n1. The maximum atomic E-state index is 12.2. The number of hydrogen-bond donors (Lipinski definition) is 2. The lowest BCUT2D eigenvalue weighted by atomic mass is 10.0. The Morgan fingerprint density at radius 2 is 1.64 bits per heavy atom. The number of halogens is 3. The number of imidazole rings is 1. The molecule has 1 aromatic heterocycles. The van der Waals surface area contributed by atoms with Crippen molar-refractivity contribution in [3.63, 3.8) is 0 Å². The number of aromatic nitrogens is 2. The molecule has 0 saturated carbocycles. The van der Waals surface area contributed by atoms with Crippen molar-refractivity contribution in [2.24, 2.45) is 0 Å². The van der Waals surface area contributed by atoms with Crippen LogP contribution in [0.2, 0.25) is 15.1 Å². The summed E-state index contributed by atoms with van der Waals surface area (Å²) in [6.45, 7) is 2.87. The highest BCUT2D eigenvalue weighted by Gasteiger charge is 2.25. The molecule has 0 amide bonds. The van der Waals surface area contributed by atoms with Gasteiger partial charge in [0.1, 0.15) is 11.4 Å². The van der Waals surface area contributed by atoms with Crippen LogP contribution in [0, 0.1) is 0 Å². The zero-order valence-electron chi connectivity index (χ0n) is 19.6. The first-order chi connectivity index (χ1) is 16.8. The molecular formula is C26H23Cl3N2O4S. The summed E-state index contributed by atoms with van der Waals surface area (Å²) >= 11 is 19.5. The van der Waals surface area contributed by atoms with Crippen molar-refractivity contribution in [1.82, 2.24) is 9.55 Å². The monoisotopic (exact) mass is 564 g/mol. The molecule has 188 valence electrons. The van der Waals surface area contributed by atoms with Crippen molar-refractivity contribution < 1.29 is 18.6 Å². The smallest absolute Gasteiger partial charge is 0.175 e. The summed E-state index contributed by atoms with van der Waals surface area (Å²) in [4.78, 5) is 4.69. The third-order valence-electron chi connectivity index (χ3n) is 5.70. The Morgan fingerprint density at radius 1 is 0.972 bits per heavy atom. The lowest BCUT2D eigenvalue weighted by Crippen LogP contribution is -2.15. The van der Waals surface area contributed by atoms with Crippen molar-refractivity contribution in [2.75, 3.05) is 6.26 Å². The average Bonchev–Trinajstić information content (AvgIpc) is 3.25. The van der Waals surface area contributed by atoms with Gasteiger partial charge in [-0.15, -0.1) is 0 Å². The van der Waals surface area contributed by atoms with Gasteiger partial charge in [0.25, 0.3) is 0 Å². The van der Waals surface area contributed by atoms with Gasteiger partial charge in [-0.25, -0.2) is 13.4 Å². The number of aliphatic hydroxyl groups excluding tert-OH is 1. The number of benzene rings is 3. The summed E-state index contributed by atoms with van der Waals surface area (Å²) in [6, 6.07) is 15.3. The van der Waals surface area contributed by atoms with E-state index < -0.39 is 15.4 Å². The second-order valence-electron chi connectivity index (χ2n) is 8.90. The van der Waals surface area contributed by atoms with Crippen molar-refractivity contribution in [2.45, 2.75) is 31.0 Å². The van der Waals surface area contributed by atoms with Crippen molar-refractivity contribution in [1.29, 1.82) is 0 Å². The van der Waals surface area contributed by atoms with Crippen LogP contribution in [-0.2, 0) is 22.0 Å². The van der Waals surface area contributed by atoms with Gasteiger partial charge in [0.05, 0.1) is 38.0 Å². The fourth-order valence-electron chi connectivity index (χ4n) is 3.82. The molecule has 0 unspecified atom stereocenters. The molecule has 4 rings (SSSR count). The second kappa shape index (κ2) is 9.82. The van der Waals surface area contributed by atoms with E-state index in [1.807, 2.05) is 0 Å². The molecule has 0 aliphatic heterocycles. The number of aliphatic hydroxyl groups is 2. The van der Waals surface area contributed by atoms with Gasteiger partial charge >= 0.3 is 0 Å². The maximum Gasteiger partial charge on any atom is 0.175 e. The lowest BCUT2D eigenvalue weighted by Gasteiger charge is -2.14. The molecule has 1 heterocycles. The van der Waals surface area contributed by atoms with Gasteiger partial charge in [0.15, 0.2) is 9.84 Å². The molecule has 0 aliphatic carbocycles. The fourth-order valence-corrected chi connectivity index (χ4v) is 5.42. The average molecular weight is 566 g/mol. The van der Waals surface area contributed by atoms with Gasteiger partial charge in [0, 0.05) is 18.0 Å². The molecular weight excluding hydrogens is 543 g/mol. The van der Waals surface area contributed by atoms with Gasteiger partial charge < -0.3 is 10.2 Å². The Morgan fingerprint density at radius 3 is 2.25 bits per heavy atom. The van der Waals surface area contributed by atoms with Crippen LogP contribution in [0.3, 0.4) is 0 Å². The van der Waals surface area contributed by atoms with Crippen LogP contribution in [0.15, 0.2) is 65.7 Å². The topological polar surface area (TPSA) is 92.4 Å². The van der Waals surface area contributed by atoms with E-state index in [9.17, 15) is 18.6 Å². The van der Waals surface area contributed by atoms with E-state index in [4.69, 9.17) is 34.8 Å². The molecule has 2 N–H and O–H groups in total. The first-order valence-electron chi connectivity index (χ1n) is 10.8. The summed E-state index contributed by atoms with van der Waals surface area (Å²) in [5.74, 6) is 0.445. The first-order valence-corrected chi connectivity index (χ1v) is 13.8. The van der Waals surface area contributed by atoms with Crippen LogP contribution < -0.4 is 0 Å². The molecule has 4 aromatic rings. The molecule has 0 saturated heterocycles. The molecule has 6 nitrogen and oxygen atoms in total. The maximum absolute atomic E-state index is 12.2. The molecule has 10 heteroatoms. The zero-order valence-corrected chi connectivity index (χ0v) is 22.7. The van der Waals surface area contributed by atoms with Crippen molar-refractivity contribution >= 4 is 44.6 Å². The van der Waals surface area contributed by atoms with Gasteiger partial charge in [-0.2, -0.15) is 0 Å². The van der Waals surface area contributed by atoms with E-state index in [1.165, 1.54) is 6.07 Å². The minimum Gasteiger partial charge on any atom is -0.392 e. The van der Waals surface area contributed by atoms with Gasteiger partial charge in [-0.3, -0.25) is 4.57 Å². The minimum atomic E-state index is -3.54. The number of hydrogen-bond acceptors (Lipinski definition) is 5. The number of sulfone groups is 1. The Labute approximate surface area is 224 Å². The van der Waals surface area contributed by atoms with Gasteiger partial charge in [-0.05, 0) is 60.9 Å². The van der Waals surface area contributed by atoms with E-state index in [2.05, 4.69) is 4.98 Å². The quantitative estimate of drug-likeness (QED) is 0.287. The van der Waals surface area contributed by atoms with E-state index in [0.717, 1.165) is 6.26 Å². The van der Waals surface area contributed by atoms with Crippen molar-refractivity contribution in [3.8, 4) is 28.2 Å². The Hall–Kier alpha value is -2.39. The molecule has 0 spiro atoms. The van der Waals surface area contributed by atoms with Crippen LogP contribution in [-0.4, -0.2) is 34.4 Å². The normalized spacial score (nSPS) is 12.2. The highest BCUT2D eigenvalue weighted by atomic mass is 35.5. The van der Waals surface area contributed by atoms with Crippen LogP contribution in [0.4, 0.5) is 0 Å². The summed E-state index contributed by atoms with van der Waals surface area (Å²) in [5.41, 5.74) is 1.96. The molecule has 36 heavy (non-hydrogen) atoms. The predicted molar refractivity (Wildman–Crippen MR) is 144 cm³/mol. The highest BCUT2D eigenvalue weighted by Crippen LogP contribution is 2.38. The van der Waals surface area contributed by atoms with Gasteiger partial charge in [0.2, 0.25) is 0 Å². The third-order valence-corrected chi connectivity index (χ3v) is 8.00. The summed E-state index contributed by atoms with van der Waals surface area (Å²) in [5, 5.41) is 21.2. The van der Waals surface area contributed by atoms with E-state index in [1.54, 1.807) is 73.1 Å². The van der Waals surface area contributed by atoms with Crippen LogP contribution in [0.5, 0.6) is 0 Å². The Kier molecular flexibility index (Phi) is 7.27. The summed E-state index contributed by atoms with van der Waals surface area (Å²) in [7, 11) is -3.54. The lowest BCUT2D eigenvalue weighted by molar-refractivity contribution is 0.0743. The Bertz CT molecular complexity index is 1570.